The molecule has 1 unspecified atom stereocenters. The maximum Gasteiger partial charge on any atom is 0.234 e. The number of aromatic nitrogens is 3. The van der Waals surface area contributed by atoms with Gasteiger partial charge in [-0.1, -0.05) is 15.9 Å². The molecule has 2 aromatic rings. The van der Waals surface area contributed by atoms with Crippen molar-refractivity contribution in [1.29, 1.82) is 0 Å². The molecule has 4 nitrogen and oxygen atoms in total. The van der Waals surface area contributed by atoms with Gasteiger partial charge in [0.05, 0.1) is 11.4 Å². The molecule has 0 saturated heterocycles. The van der Waals surface area contributed by atoms with Gasteiger partial charge in [-0.25, -0.2) is 9.97 Å². The van der Waals surface area contributed by atoms with E-state index in [1.165, 1.54) is 0 Å². The molecule has 2 rings (SSSR count). The summed E-state index contributed by atoms with van der Waals surface area (Å²) in [5, 5.41) is 0. The van der Waals surface area contributed by atoms with Crippen LogP contribution in [0.3, 0.4) is 0 Å². The molecule has 0 saturated carbocycles. The fourth-order valence-electron chi connectivity index (χ4n) is 1.41. The van der Waals surface area contributed by atoms with E-state index in [1.807, 2.05) is 23.6 Å². The van der Waals surface area contributed by atoms with E-state index in [2.05, 4.69) is 25.9 Å². The molecule has 2 aromatic heterocycles. The third-order valence-electron chi connectivity index (χ3n) is 2.01. The fourth-order valence-corrected chi connectivity index (χ4v) is 1.96. The van der Waals surface area contributed by atoms with Gasteiger partial charge in [-0.15, -0.1) is 0 Å². The molecule has 0 spiro atoms. The second kappa shape index (κ2) is 3.49. The third-order valence-corrected chi connectivity index (χ3v) is 2.65. The van der Waals surface area contributed by atoms with Crippen LogP contribution in [0, 0.1) is 6.92 Å². The topological polar surface area (TPSA) is 47.3 Å². The predicted octanol–water partition coefficient (Wildman–Crippen LogP) is 1.67. The minimum atomic E-state index is -0.332. The Hall–Kier alpha value is -1.23. The van der Waals surface area contributed by atoms with Crippen molar-refractivity contribution < 1.29 is 4.79 Å². The van der Waals surface area contributed by atoms with E-state index in [0.29, 0.717) is 5.78 Å². The summed E-state index contributed by atoms with van der Waals surface area (Å²) in [6.45, 7) is 1.86. The van der Waals surface area contributed by atoms with Gasteiger partial charge in [0, 0.05) is 12.4 Å². The zero-order valence-electron chi connectivity index (χ0n) is 7.51. The van der Waals surface area contributed by atoms with Crippen LogP contribution < -0.4 is 0 Å². The lowest BCUT2D eigenvalue weighted by atomic mass is 10.3. The molecule has 5 heteroatoms. The van der Waals surface area contributed by atoms with Gasteiger partial charge in [0.25, 0.3) is 0 Å². The number of carbonyl (C=O) groups excluding carboxylic acids is 1. The molecule has 0 aliphatic carbocycles. The van der Waals surface area contributed by atoms with E-state index in [0.717, 1.165) is 17.7 Å². The van der Waals surface area contributed by atoms with Crippen LogP contribution in [0.15, 0.2) is 18.5 Å². The van der Waals surface area contributed by atoms with E-state index in [4.69, 9.17) is 0 Å². The highest BCUT2D eigenvalue weighted by Gasteiger charge is 2.15. The number of carbonyl (C=O) groups is 1. The Balaban J connectivity index is 2.73. The van der Waals surface area contributed by atoms with Gasteiger partial charge in [-0.2, -0.15) is 0 Å². The highest BCUT2D eigenvalue weighted by molar-refractivity contribution is 9.09. The Morgan fingerprint density at radius 3 is 3.14 bits per heavy atom. The number of hydrogen-bond donors (Lipinski definition) is 0. The summed E-state index contributed by atoms with van der Waals surface area (Å²) in [5.41, 5.74) is 1.65. The highest BCUT2D eigenvalue weighted by atomic mass is 79.9. The van der Waals surface area contributed by atoms with Crippen molar-refractivity contribution >= 4 is 28.0 Å². The molecule has 14 heavy (non-hydrogen) atoms. The largest absolute Gasteiger partial charge is 0.302 e. The number of halogens is 1. The highest BCUT2D eigenvalue weighted by Crippen LogP contribution is 2.23. The van der Waals surface area contributed by atoms with Crippen LogP contribution >= 0.6 is 15.9 Å². The van der Waals surface area contributed by atoms with Crippen LogP contribution in [0.25, 0.3) is 5.78 Å². The van der Waals surface area contributed by atoms with Gasteiger partial charge in [0.15, 0.2) is 0 Å². The minimum Gasteiger partial charge on any atom is -0.302 e. The first-order chi connectivity index (χ1) is 6.74. The van der Waals surface area contributed by atoms with E-state index in [9.17, 15) is 4.79 Å². The average molecular weight is 254 g/mol. The summed E-state index contributed by atoms with van der Waals surface area (Å²) in [5.74, 6) is 0.617. The van der Waals surface area contributed by atoms with E-state index in [1.54, 1.807) is 6.20 Å². The lowest BCUT2D eigenvalue weighted by Crippen LogP contribution is -1.99. The number of alkyl halides is 1. The van der Waals surface area contributed by atoms with Crippen LogP contribution in [0.5, 0.6) is 0 Å². The van der Waals surface area contributed by atoms with E-state index in [-0.39, 0.29) is 4.83 Å². The molecule has 2 heterocycles. The van der Waals surface area contributed by atoms with Crippen molar-refractivity contribution in [3.05, 3.63) is 29.8 Å². The van der Waals surface area contributed by atoms with Crippen LogP contribution in [0.1, 0.15) is 16.2 Å². The van der Waals surface area contributed by atoms with Crippen LogP contribution in [-0.2, 0) is 4.79 Å². The molecule has 0 amide bonds. The number of hydrogen-bond acceptors (Lipinski definition) is 3. The molecule has 0 fully saturated rings. The van der Waals surface area contributed by atoms with Crippen molar-refractivity contribution in [2.24, 2.45) is 0 Å². The van der Waals surface area contributed by atoms with Crippen molar-refractivity contribution in [2.45, 2.75) is 11.8 Å². The lowest BCUT2D eigenvalue weighted by Gasteiger charge is -2.02. The summed E-state index contributed by atoms with van der Waals surface area (Å²) >= 11 is 3.28. The molecule has 0 aromatic carbocycles. The van der Waals surface area contributed by atoms with Gasteiger partial charge in [0.1, 0.15) is 11.1 Å². The van der Waals surface area contributed by atoms with Crippen LogP contribution in [0.2, 0.25) is 0 Å². The molecule has 0 radical (unpaired) electrons. The Morgan fingerprint density at radius 2 is 2.43 bits per heavy atom. The summed E-state index contributed by atoms with van der Waals surface area (Å²) in [4.78, 5) is 18.7. The number of imidazole rings is 1. The van der Waals surface area contributed by atoms with Gasteiger partial charge < -0.3 is 4.79 Å². The molecular formula is C9H8BrN3O. The van der Waals surface area contributed by atoms with Crippen LogP contribution in [-0.4, -0.2) is 20.7 Å². The number of aldehydes is 1. The summed E-state index contributed by atoms with van der Waals surface area (Å²) in [6.07, 6.45) is 4.36. The molecule has 1 atom stereocenters. The standard InChI is InChI=1S/C9H8BrN3O/c1-6-8(7(10)5-14)13-4-2-3-11-9(13)12-6/h2-5,7H,1H3. The van der Waals surface area contributed by atoms with Gasteiger partial charge >= 0.3 is 0 Å². The quantitative estimate of drug-likeness (QED) is 0.605. The normalized spacial score (nSPS) is 13.0. The monoisotopic (exact) mass is 253 g/mol. The Morgan fingerprint density at radius 1 is 1.64 bits per heavy atom. The second-order valence-corrected chi connectivity index (χ2v) is 3.90. The maximum atomic E-state index is 10.7. The molecule has 72 valence electrons. The third kappa shape index (κ3) is 1.33. The first kappa shape index (κ1) is 9.33. The molecule has 0 bridgehead atoms. The zero-order valence-corrected chi connectivity index (χ0v) is 9.10. The van der Waals surface area contributed by atoms with Gasteiger partial charge in [-0.3, -0.25) is 4.40 Å². The molecule has 0 N–H and O–H groups in total. The number of aryl methyl sites for hydroxylation is 1. The summed E-state index contributed by atoms with van der Waals surface area (Å²) < 4.78 is 1.81. The number of nitrogens with zero attached hydrogens (tertiary/aromatic N) is 3. The van der Waals surface area contributed by atoms with Gasteiger partial charge in [0.2, 0.25) is 5.78 Å². The maximum absolute atomic E-state index is 10.7. The van der Waals surface area contributed by atoms with Crippen molar-refractivity contribution in [3.8, 4) is 0 Å². The lowest BCUT2D eigenvalue weighted by molar-refractivity contribution is -0.107. The van der Waals surface area contributed by atoms with Crippen molar-refractivity contribution in [2.75, 3.05) is 0 Å². The van der Waals surface area contributed by atoms with E-state index >= 15 is 0 Å². The van der Waals surface area contributed by atoms with Crippen molar-refractivity contribution in [1.82, 2.24) is 14.4 Å². The number of rotatable bonds is 2. The SMILES string of the molecule is Cc1nc2ncccn2c1C(Br)C=O. The first-order valence-electron chi connectivity index (χ1n) is 4.13. The minimum absolute atomic E-state index is 0.332. The van der Waals surface area contributed by atoms with Gasteiger partial charge in [-0.05, 0) is 13.0 Å². The Kier molecular flexibility index (Phi) is 2.33. The number of fused-ring (bicyclic) bond motifs is 1. The molecule has 0 aliphatic heterocycles. The summed E-state index contributed by atoms with van der Waals surface area (Å²) in [6, 6.07) is 1.81. The Labute approximate surface area is 89.1 Å². The second-order valence-electron chi connectivity index (χ2n) is 2.91. The zero-order chi connectivity index (χ0) is 10.1. The smallest absolute Gasteiger partial charge is 0.234 e. The average Bonchev–Trinajstić information content (AvgIpc) is 2.53. The van der Waals surface area contributed by atoms with E-state index < -0.39 is 0 Å². The van der Waals surface area contributed by atoms with Crippen LogP contribution in [0.4, 0.5) is 0 Å². The summed E-state index contributed by atoms with van der Waals surface area (Å²) in [7, 11) is 0. The fraction of sp³-hybridized carbons (Fsp3) is 0.222. The van der Waals surface area contributed by atoms with Crippen molar-refractivity contribution in [3.63, 3.8) is 0 Å². The first-order valence-corrected chi connectivity index (χ1v) is 5.04. The molecular weight excluding hydrogens is 246 g/mol. The predicted molar refractivity (Wildman–Crippen MR) is 55.5 cm³/mol. The molecule has 0 aliphatic rings. The Bertz CT molecular complexity index is 480.